The second kappa shape index (κ2) is 12.9. The molecule has 1 aliphatic heterocycles. The van der Waals surface area contributed by atoms with Crippen molar-refractivity contribution in [3.8, 4) is 27.9 Å². The Balaban J connectivity index is 1.23. The van der Waals surface area contributed by atoms with Crippen LogP contribution in [-0.2, 0) is 9.98 Å². The smallest absolute Gasteiger partial charge is 0.234 e. The molecule has 0 saturated heterocycles. The van der Waals surface area contributed by atoms with Crippen LogP contribution < -0.4 is 15.3 Å². The van der Waals surface area contributed by atoms with Crippen molar-refractivity contribution in [1.29, 1.82) is 0 Å². The molecule has 0 unspecified atom stereocenters. The number of hydrogen-bond acceptors (Lipinski definition) is 1. The van der Waals surface area contributed by atoms with Gasteiger partial charge in [0.05, 0.1) is 22.4 Å². The largest absolute Gasteiger partial charge is 0.309 e. The Kier molecular flexibility index (Phi) is 7.76. The van der Waals surface area contributed by atoms with E-state index in [0.717, 1.165) is 49.8 Å². The number of fused-ring (bicyclic) bond motifs is 5. The average Bonchev–Trinajstić information content (AvgIpc) is 3.58. The molecule has 1 aromatic heterocycles. The molecule has 1 aliphatic rings. The van der Waals surface area contributed by atoms with Crippen molar-refractivity contribution in [2.24, 2.45) is 0 Å². The van der Waals surface area contributed by atoms with E-state index in [4.69, 9.17) is 0 Å². The quantitative estimate of drug-likeness (QED) is 0.159. The second-order valence-electron chi connectivity index (χ2n) is 14.9. The fourth-order valence-corrected chi connectivity index (χ4v) is 11.5. The summed E-state index contributed by atoms with van der Waals surface area (Å²) in [4.78, 5) is 0. The summed E-state index contributed by atoms with van der Waals surface area (Å²) in [6.45, 7) is 4.60. The molecule has 4 heteroatoms. The average molecular weight is 727 g/mol. The van der Waals surface area contributed by atoms with Gasteiger partial charge in [-0.05, 0) is 106 Å². The molecule has 0 spiro atoms. The molecule has 9 aromatic rings. The van der Waals surface area contributed by atoms with E-state index in [1.165, 1.54) is 33.0 Å². The molecule has 0 fully saturated rings. The van der Waals surface area contributed by atoms with Crippen molar-refractivity contribution in [2.75, 3.05) is 4.67 Å². The first kappa shape index (κ1) is 33.2. The number of benzene rings is 8. The van der Waals surface area contributed by atoms with Crippen LogP contribution >= 0.6 is 7.29 Å². The molecule has 0 N–H and O–H groups in total. The van der Waals surface area contributed by atoms with Crippen LogP contribution in [0.5, 0.6) is 0 Å². The van der Waals surface area contributed by atoms with E-state index in [1.807, 2.05) is 60.7 Å². The van der Waals surface area contributed by atoms with Crippen molar-refractivity contribution < 1.29 is 4.57 Å². The first-order chi connectivity index (χ1) is 26.9. The highest BCUT2D eigenvalue weighted by molar-refractivity contribution is 7.80. The maximum atomic E-state index is 16.2. The lowest BCUT2D eigenvalue weighted by molar-refractivity contribution is 0.584. The van der Waals surface area contributed by atoms with Crippen LogP contribution in [0.15, 0.2) is 200 Å². The lowest BCUT2D eigenvalue weighted by Gasteiger charge is -2.45. The number of para-hydroxylation sites is 1. The standard InChI is InChI=1S/C51H39N2OP/c1-51(2)45-25-15-16-26-49(45)53(55(54,41-21-11-5-12-22-41)42-23-13-6-14-24-42)50-32-29-40(35-46(50)51)52-47-30-27-38(36-17-7-3-8-18-36)33-43(47)44-34-39(28-31-48(44)52)37-19-9-4-10-20-37/h3-35H,1-2H3. The van der Waals surface area contributed by atoms with E-state index >= 15 is 4.57 Å². The summed E-state index contributed by atoms with van der Waals surface area (Å²) < 4.78 is 20.8. The zero-order chi connectivity index (χ0) is 37.1. The molecule has 8 aromatic carbocycles. The molecular formula is C51H39N2OP. The monoisotopic (exact) mass is 726 g/mol. The summed E-state index contributed by atoms with van der Waals surface area (Å²) in [5.74, 6) is 0. The fraction of sp³-hybridized carbons (Fsp3) is 0.0588. The third-order valence-electron chi connectivity index (χ3n) is 11.4. The Hall–Kier alpha value is -6.41. The van der Waals surface area contributed by atoms with Gasteiger partial charge in [0.15, 0.2) is 0 Å². The van der Waals surface area contributed by atoms with E-state index in [9.17, 15) is 0 Å². The van der Waals surface area contributed by atoms with Gasteiger partial charge >= 0.3 is 0 Å². The summed E-state index contributed by atoms with van der Waals surface area (Å²) in [5.41, 5.74) is 12.0. The van der Waals surface area contributed by atoms with Gasteiger partial charge < -0.3 is 4.57 Å². The maximum absolute atomic E-state index is 16.2. The van der Waals surface area contributed by atoms with Crippen LogP contribution in [0.1, 0.15) is 25.0 Å². The molecule has 0 amide bonds. The third kappa shape index (κ3) is 5.22. The van der Waals surface area contributed by atoms with Gasteiger partial charge in [0.1, 0.15) is 0 Å². The Bertz CT molecular complexity index is 2780. The SMILES string of the molecule is CC1(C)c2ccccc2N(P(=O)(c2ccccc2)c2ccccc2)c2ccc(-n3c4ccc(-c5ccccc5)cc4c4cc(-c5ccccc5)ccc43)cc21. The minimum absolute atomic E-state index is 0.379. The molecular weight excluding hydrogens is 688 g/mol. The lowest BCUT2D eigenvalue weighted by atomic mass is 9.74. The summed E-state index contributed by atoms with van der Waals surface area (Å²) >= 11 is 0. The minimum Gasteiger partial charge on any atom is -0.309 e. The Morgan fingerprint density at radius 3 is 1.40 bits per heavy atom. The number of anilines is 2. The van der Waals surface area contributed by atoms with Gasteiger partial charge in [0.25, 0.3) is 0 Å². The van der Waals surface area contributed by atoms with Crippen LogP contribution in [0.4, 0.5) is 11.4 Å². The van der Waals surface area contributed by atoms with E-state index in [-0.39, 0.29) is 5.41 Å². The molecule has 2 heterocycles. The second-order valence-corrected chi connectivity index (χ2v) is 17.5. The summed E-state index contributed by atoms with van der Waals surface area (Å²) in [6, 6.07) is 70.2. The summed E-state index contributed by atoms with van der Waals surface area (Å²) in [6.07, 6.45) is 0. The first-order valence-corrected chi connectivity index (χ1v) is 20.5. The van der Waals surface area contributed by atoms with Crippen molar-refractivity contribution in [2.45, 2.75) is 19.3 Å². The molecule has 55 heavy (non-hydrogen) atoms. The van der Waals surface area contributed by atoms with Gasteiger partial charge in [0.2, 0.25) is 7.29 Å². The topological polar surface area (TPSA) is 25.2 Å². The van der Waals surface area contributed by atoms with Crippen LogP contribution in [0.3, 0.4) is 0 Å². The highest BCUT2D eigenvalue weighted by Gasteiger charge is 2.45. The van der Waals surface area contributed by atoms with Crippen molar-refractivity contribution in [3.63, 3.8) is 0 Å². The number of nitrogens with zero attached hydrogens (tertiary/aromatic N) is 2. The predicted molar refractivity (Wildman–Crippen MR) is 232 cm³/mol. The summed E-state index contributed by atoms with van der Waals surface area (Å²) in [7, 11) is -3.42. The molecule has 0 atom stereocenters. The third-order valence-corrected chi connectivity index (χ3v) is 14.4. The van der Waals surface area contributed by atoms with Crippen LogP contribution in [0.25, 0.3) is 49.7 Å². The van der Waals surface area contributed by atoms with Crippen LogP contribution in [0, 0.1) is 0 Å². The Morgan fingerprint density at radius 1 is 0.418 bits per heavy atom. The summed E-state index contributed by atoms with van der Waals surface area (Å²) in [5, 5.41) is 4.01. The highest BCUT2D eigenvalue weighted by atomic mass is 31.2. The van der Waals surface area contributed by atoms with E-state index < -0.39 is 7.29 Å². The van der Waals surface area contributed by atoms with Gasteiger partial charge in [-0.15, -0.1) is 0 Å². The van der Waals surface area contributed by atoms with Gasteiger partial charge in [0, 0.05) is 32.5 Å². The van der Waals surface area contributed by atoms with Crippen molar-refractivity contribution in [3.05, 3.63) is 211 Å². The van der Waals surface area contributed by atoms with Gasteiger partial charge in [-0.2, -0.15) is 0 Å². The molecule has 0 radical (unpaired) electrons. The number of hydrogen-bond donors (Lipinski definition) is 0. The first-order valence-electron chi connectivity index (χ1n) is 18.9. The number of aromatic nitrogens is 1. The zero-order valence-electron chi connectivity index (χ0n) is 30.8. The Morgan fingerprint density at radius 2 is 0.873 bits per heavy atom. The van der Waals surface area contributed by atoms with Gasteiger partial charge in [-0.3, -0.25) is 9.24 Å². The fourth-order valence-electron chi connectivity index (χ4n) is 8.68. The van der Waals surface area contributed by atoms with E-state index in [1.54, 1.807) is 0 Å². The zero-order valence-corrected chi connectivity index (χ0v) is 31.7. The molecule has 10 rings (SSSR count). The van der Waals surface area contributed by atoms with Crippen molar-refractivity contribution >= 4 is 51.1 Å². The normalized spacial score (nSPS) is 13.5. The minimum atomic E-state index is -3.42. The molecule has 0 aliphatic carbocycles. The molecule has 3 nitrogen and oxygen atoms in total. The predicted octanol–water partition coefficient (Wildman–Crippen LogP) is 12.8. The van der Waals surface area contributed by atoms with Crippen molar-refractivity contribution in [1.82, 2.24) is 4.57 Å². The number of rotatable bonds is 6. The van der Waals surface area contributed by atoms with Crippen LogP contribution in [0.2, 0.25) is 0 Å². The maximum Gasteiger partial charge on any atom is 0.234 e. The van der Waals surface area contributed by atoms with Gasteiger partial charge in [-0.25, -0.2) is 0 Å². The Labute approximate surface area is 322 Å². The molecule has 264 valence electrons. The van der Waals surface area contributed by atoms with Crippen LogP contribution in [-0.4, -0.2) is 4.57 Å². The lowest BCUT2D eigenvalue weighted by Crippen LogP contribution is -2.36. The molecule has 0 saturated carbocycles. The van der Waals surface area contributed by atoms with Gasteiger partial charge in [-0.1, -0.05) is 141 Å². The van der Waals surface area contributed by atoms with E-state index in [0.29, 0.717) is 0 Å². The van der Waals surface area contributed by atoms with E-state index in [2.05, 4.69) is 163 Å². The molecule has 0 bridgehead atoms. The highest BCUT2D eigenvalue weighted by Crippen LogP contribution is 2.61.